The van der Waals surface area contributed by atoms with Gasteiger partial charge in [-0.15, -0.1) is 0 Å². The zero-order valence-electron chi connectivity index (χ0n) is 23.6. The number of aliphatic hydroxyl groups is 1. The second-order valence-corrected chi connectivity index (χ2v) is 9.68. The molecule has 0 unspecified atom stereocenters. The summed E-state index contributed by atoms with van der Waals surface area (Å²) in [6, 6.07) is 28.6. The molecule has 3 aromatic carbocycles. The smallest absolute Gasteiger partial charge is 0.336 e. The van der Waals surface area contributed by atoms with Gasteiger partial charge in [0.25, 0.3) is 0 Å². The highest BCUT2D eigenvalue weighted by atomic mass is 35.5. The highest BCUT2D eigenvalue weighted by Gasteiger charge is 2.40. The third-order valence-corrected chi connectivity index (χ3v) is 6.72. The van der Waals surface area contributed by atoms with E-state index in [1.165, 1.54) is 0 Å². The summed E-state index contributed by atoms with van der Waals surface area (Å²) in [5.74, 6) is -4.14. The van der Waals surface area contributed by atoms with Crippen LogP contribution in [0.15, 0.2) is 84.9 Å². The fraction of sp³-hybridized carbons (Fsp3) is 0.303. The Hall–Kier alpha value is -4.18. The standard InChI is InChI=1S/C26H28ClNO.C6H8O7.CH4/c1-3-28(4-2)19-20-29-24-17-15-22(16-18-24)25(21-11-7-5-8-12-21)26(27)23-13-9-6-10-14-23;7-3(8)1-6(13,5(11)12)2-4(9)10;/h5-18H,3-4,19-20H2,1-2H3;13H,1-2H2,(H,7,8)(H,9,10)(H,11,12);1H4/b26-25+;;. The number of aliphatic carboxylic acids is 3. The van der Waals surface area contributed by atoms with Crippen molar-refractivity contribution in [2.75, 3.05) is 26.2 Å². The van der Waals surface area contributed by atoms with Gasteiger partial charge in [-0.3, -0.25) is 9.59 Å². The second-order valence-electron chi connectivity index (χ2n) is 9.30. The Kier molecular flexibility index (Phi) is 15.7. The maximum atomic E-state index is 10.3. The van der Waals surface area contributed by atoms with Gasteiger partial charge in [-0.25, -0.2) is 4.79 Å². The number of carboxylic acid groups (broad SMARTS) is 3. The normalized spacial score (nSPS) is 11.4. The molecule has 232 valence electrons. The van der Waals surface area contributed by atoms with Gasteiger partial charge in [0.1, 0.15) is 12.4 Å². The summed E-state index contributed by atoms with van der Waals surface area (Å²) in [6.07, 6.45) is -2.29. The largest absolute Gasteiger partial charge is 0.492 e. The molecule has 0 saturated carbocycles. The van der Waals surface area contributed by atoms with Gasteiger partial charge in [0.05, 0.1) is 17.9 Å². The lowest BCUT2D eigenvalue weighted by Crippen LogP contribution is -2.42. The third-order valence-electron chi connectivity index (χ3n) is 6.31. The number of likely N-dealkylation sites (N-methyl/N-ethyl adjacent to an activating group) is 1. The van der Waals surface area contributed by atoms with Gasteiger partial charge in [-0.1, -0.05) is 106 Å². The van der Waals surface area contributed by atoms with Crippen LogP contribution in [0.1, 0.15) is 50.8 Å². The number of hydrogen-bond donors (Lipinski definition) is 4. The second kappa shape index (κ2) is 18.4. The van der Waals surface area contributed by atoms with E-state index in [0.717, 1.165) is 52.7 Å². The first-order valence-electron chi connectivity index (χ1n) is 13.4. The molecule has 0 aliphatic heterocycles. The van der Waals surface area contributed by atoms with Gasteiger partial charge in [0, 0.05) is 12.1 Å². The van der Waals surface area contributed by atoms with E-state index in [9.17, 15) is 14.4 Å². The molecule has 0 fully saturated rings. The van der Waals surface area contributed by atoms with Gasteiger partial charge in [0.15, 0.2) is 5.60 Å². The predicted octanol–water partition coefficient (Wildman–Crippen LogP) is 5.95. The van der Waals surface area contributed by atoms with Crippen LogP contribution in [0.3, 0.4) is 0 Å². The van der Waals surface area contributed by atoms with E-state index in [-0.39, 0.29) is 7.43 Å². The Labute approximate surface area is 257 Å². The summed E-state index contributed by atoms with van der Waals surface area (Å²) >= 11 is 6.87. The van der Waals surface area contributed by atoms with E-state index < -0.39 is 36.4 Å². The molecule has 0 spiro atoms. The Morgan fingerprint density at radius 3 is 1.60 bits per heavy atom. The summed E-state index contributed by atoms with van der Waals surface area (Å²) in [5, 5.41) is 34.6. The van der Waals surface area contributed by atoms with Crippen molar-refractivity contribution in [2.24, 2.45) is 0 Å². The van der Waals surface area contributed by atoms with E-state index in [1.807, 2.05) is 60.7 Å². The molecular weight excluding hydrogens is 574 g/mol. The molecule has 0 atom stereocenters. The first-order valence-corrected chi connectivity index (χ1v) is 13.7. The zero-order valence-corrected chi connectivity index (χ0v) is 24.3. The van der Waals surface area contributed by atoms with E-state index in [2.05, 4.69) is 43.0 Å². The van der Waals surface area contributed by atoms with E-state index in [4.69, 9.17) is 36.8 Å². The third kappa shape index (κ3) is 11.9. The van der Waals surface area contributed by atoms with Crippen molar-refractivity contribution in [1.29, 1.82) is 0 Å². The van der Waals surface area contributed by atoms with Crippen molar-refractivity contribution in [1.82, 2.24) is 4.90 Å². The maximum Gasteiger partial charge on any atom is 0.336 e. The number of nitrogens with zero attached hydrogens (tertiary/aromatic N) is 1. The Balaban J connectivity index is 0.000000562. The summed E-state index contributed by atoms with van der Waals surface area (Å²) in [4.78, 5) is 32.8. The van der Waals surface area contributed by atoms with Gasteiger partial charge in [-0.05, 0) is 41.9 Å². The molecule has 0 aliphatic rings. The van der Waals surface area contributed by atoms with Crippen LogP contribution >= 0.6 is 11.6 Å². The molecule has 4 N–H and O–H groups in total. The number of benzene rings is 3. The van der Waals surface area contributed by atoms with Crippen molar-refractivity contribution < 1.29 is 39.5 Å². The zero-order chi connectivity index (χ0) is 31.1. The summed E-state index contributed by atoms with van der Waals surface area (Å²) in [7, 11) is 0. The number of ether oxygens (including phenoxy) is 1. The molecule has 0 amide bonds. The monoisotopic (exact) mass is 613 g/mol. The minimum atomic E-state index is -2.74. The SMILES string of the molecule is C.CCN(CC)CCOc1ccc(/C(=C(/Cl)c2ccccc2)c2ccccc2)cc1.O=C(O)CC(O)(CC(=O)O)C(=O)O. The minimum absolute atomic E-state index is 0. The summed E-state index contributed by atoms with van der Waals surface area (Å²) < 4.78 is 5.94. The predicted molar refractivity (Wildman–Crippen MR) is 168 cm³/mol. The first-order chi connectivity index (χ1) is 20.0. The molecule has 3 rings (SSSR count). The molecule has 10 heteroatoms. The molecule has 0 aliphatic carbocycles. The summed E-state index contributed by atoms with van der Waals surface area (Å²) in [5.41, 5.74) is 1.45. The molecule has 0 saturated heterocycles. The number of hydrogen-bond acceptors (Lipinski definition) is 6. The molecule has 0 aromatic heterocycles. The molecule has 3 aromatic rings. The lowest BCUT2D eigenvalue weighted by Gasteiger charge is -2.18. The highest BCUT2D eigenvalue weighted by molar-refractivity contribution is 6.53. The van der Waals surface area contributed by atoms with Crippen LogP contribution in [-0.2, 0) is 14.4 Å². The Bertz CT molecular complexity index is 1310. The lowest BCUT2D eigenvalue weighted by atomic mass is 9.95. The number of rotatable bonds is 14. The number of halogens is 1. The van der Waals surface area contributed by atoms with Crippen LogP contribution in [0, 0.1) is 0 Å². The fourth-order valence-electron chi connectivity index (χ4n) is 4.02. The van der Waals surface area contributed by atoms with Crippen LogP contribution in [0.2, 0.25) is 0 Å². The van der Waals surface area contributed by atoms with Crippen molar-refractivity contribution in [3.8, 4) is 5.75 Å². The van der Waals surface area contributed by atoms with Gasteiger partial charge >= 0.3 is 17.9 Å². The number of carboxylic acids is 3. The van der Waals surface area contributed by atoms with E-state index in [1.54, 1.807) is 0 Å². The van der Waals surface area contributed by atoms with Crippen LogP contribution < -0.4 is 4.74 Å². The van der Waals surface area contributed by atoms with Crippen LogP contribution in [0.25, 0.3) is 10.6 Å². The minimum Gasteiger partial charge on any atom is -0.492 e. The molecule has 0 heterocycles. The average Bonchev–Trinajstić information content (AvgIpc) is 2.96. The van der Waals surface area contributed by atoms with Crippen molar-refractivity contribution in [3.63, 3.8) is 0 Å². The van der Waals surface area contributed by atoms with Gasteiger partial charge in [-0.2, -0.15) is 0 Å². The van der Waals surface area contributed by atoms with Crippen molar-refractivity contribution >= 4 is 40.1 Å². The fourth-order valence-corrected chi connectivity index (χ4v) is 4.36. The number of carbonyl (C=O) groups is 3. The average molecular weight is 614 g/mol. The molecule has 43 heavy (non-hydrogen) atoms. The summed E-state index contributed by atoms with van der Waals surface area (Å²) in [6.45, 7) is 8.05. The lowest BCUT2D eigenvalue weighted by molar-refractivity contribution is -0.170. The molecule has 9 nitrogen and oxygen atoms in total. The Morgan fingerprint density at radius 2 is 1.19 bits per heavy atom. The molecular formula is C33H40ClNO8. The van der Waals surface area contributed by atoms with Crippen molar-refractivity contribution in [2.45, 2.75) is 39.7 Å². The molecule has 0 radical (unpaired) electrons. The van der Waals surface area contributed by atoms with Gasteiger partial charge in [0.2, 0.25) is 0 Å². The first kappa shape index (κ1) is 36.8. The van der Waals surface area contributed by atoms with E-state index in [0.29, 0.717) is 6.61 Å². The Morgan fingerprint density at radius 1 is 0.744 bits per heavy atom. The van der Waals surface area contributed by atoms with Crippen molar-refractivity contribution in [3.05, 3.63) is 102 Å². The van der Waals surface area contributed by atoms with Gasteiger partial charge < -0.3 is 30.1 Å². The maximum absolute atomic E-state index is 10.3. The van der Waals surface area contributed by atoms with Crippen LogP contribution in [0.5, 0.6) is 5.75 Å². The van der Waals surface area contributed by atoms with E-state index >= 15 is 0 Å². The van der Waals surface area contributed by atoms with Crippen LogP contribution in [-0.4, -0.2) is 75.1 Å². The topological polar surface area (TPSA) is 145 Å². The van der Waals surface area contributed by atoms with Crippen LogP contribution in [0.4, 0.5) is 0 Å². The highest BCUT2D eigenvalue weighted by Crippen LogP contribution is 2.35. The molecule has 0 bridgehead atoms. The quantitative estimate of drug-likeness (QED) is 0.162.